The van der Waals surface area contributed by atoms with Crippen molar-refractivity contribution >= 4 is 23.2 Å². The van der Waals surface area contributed by atoms with Crippen LogP contribution >= 0.6 is 0 Å². The van der Waals surface area contributed by atoms with Gasteiger partial charge in [0.2, 0.25) is 5.88 Å². The molecular weight excluding hydrogens is 284 g/mol. The zero-order valence-corrected chi connectivity index (χ0v) is 11.8. The second kappa shape index (κ2) is 6.45. The average Bonchev–Trinajstić information content (AvgIpc) is 2.48. The topological polar surface area (TPSA) is 121 Å². The van der Waals surface area contributed by atoms with Gasteiger partial charge in [0.15, 0.2) is 0 Å². The molecule has 0 radical (unpaired) electrons. The molecular formula is C15H14N4O3. The third kappa shape index (κ3) is 3.24. The number of aromatic carboxylic acids is 1. The summed E-state index contributed by atoms with van der Waals surface area (Å²) in [7, 11) is 0. The number of carboxylic acid groups (broad SMARTS) is 1. The van der Waals surface area contributed by atoms with Gasteiger partial charge in [-0.1, -0.05) is 0 Å². The van der Waals surface area contributed by atoms with Crippen LogP contribution in [0.2, 0.25) is 0 Å². The molecule has 7 nitrogen and oxygen atoms in total. The molecule has 0 aliphatic rings. The van der Waals surface area contributed by atoms with E-state index >= 15 is 0 Å². The summed E-state index contributed by atoms with van der Waals surface area (Å²) >= 11 is 0. The van der Waals surface area contributed by atoms with Crippen molar-refractivity contribution in [2.24, 2.45) is 0 Å². The van der Waals surface area contributed by atoms with E-state index in [0.717, 1.165) is 0 Å². The zero-order chi connectivity index (χ0) is 16.1. The monoisotopic (exact) mass is 298 g/mol. The zero-order valence-electron chi connectivity index (χ0n) is 11.8. The van der Waals surface area contributed by atoms with Crippen LogP contribution in [0.25, 0.3) is 0 Å². The van der Waals surface area contributed by atoms with Crippen LogP contribution in [0.4, 0.5) is 17.2 Å². The van der Waals surface area contributed by atoms with Crippen molar-refractivity contribution in [3.8, 4) is 11.9 Å². The van der Waals surface area contributed by atoms with E-state index in [-0.39, 0.29) is 22.7 Å². The number of aromatic nitrogens is 1. The highest BCUT2D eigenvalue weighted by Crippen LogP contribution is 2.26. The third-order valence-corrected chi connectivity index (χ3v) is 2.81. The Hall–Kier alpha value is -3.27. The SMILES string of the molecule is CCOc1nc(Nc2ccc(C(=O)O)cc2)cc(N)c1C#N. The Kier molecular flexibility index (Phi) is 4.44. The van der Waals surface area contributed by atoms with Gasteiger partial charge in [0.1, 0.15) is 17.5 Å². The van der Waals surface area contributed by atoms with Gasteiger partial charge in [0.25, 0.3) is 0 Å². The molecule has 0 atom stereocenters. The first-order valence-corrected chi connectivity index (χ1v) is 6.49. The van der Waals surface area contributed by atoms with E-state index in [0.29, 0.717) is 18.1 Å². The maximum atomic E-state index is 10.8. The number of hydrogen-bond donors (Lipinski definition) is 3. The van der Waals surface area contributed by atoms with Crippen LogP contribution in [0.5, 0.6) is 5.88 Å². The minimum Gasteiger partial charge on any atom is -0.478 e. The minimum absolute atomic E-state index is 0.162. The minimum atomic E-state index is -0.995. The van der Waals surface area contributed by atoms with Gasteiger partial charge in [0, 0.05) is 11.8 Å². The van der Waals surface area contributed by atoms with Gasteiger partial charge in [-0.25, -0.2) is 4.79 Å². The lowest BCUT2D eigenvalue weighted by molar-refractivity contribution is 0.0697. The largest absolute Gasteiger partial charge is 0.478 e. The fourth-order valence-electron chi connectivity index (χ4n) is 1.80. The quantitative estimate of drug-likeness (QED) is 0.774. The number of nitrogens with two attached hydrogens (primary N) is 1. The molecule has 2 aromatic rings. The molecule has 1 aromatic carbocycles. The number of carbonyl (C=O) groups is 1. The summed E-state index contributed by atoms with van der Waals surface area (Å²) in [6, 6.07) is 9.64. The first kappa shape index (κ1) is 15.1. The number of pyridine rings is 1. The predicted molar refractivity (Wildman–Crippen MR) is 81.2 cm³/mol. The number of nitrogen functional groups attached to an aromatic ring is 1. The smallest absolute Gasteiger partial charge is 0.335 e. The number of nitriles is 1. The van der Waals surface area contributed by atoms with Crippen molar-refractivity contribution in [3.63, 3.8) is 0 Å². The van der Waals surface area contributed by atoms with E-state index in [1.165, 1.54) is 18.2 Å². The fourth-order valence-corrected chi connectivity index (χ4v) is 1.80. The number of nitrogens with zero attached hydrogens (tertiary/aromatic N) is 2. The lowest BCUT2D eigenvalue weighted by Crippen LogP contribution is -2.04. The van der Waals surface area contributed by atoms with Crippen molar-refractivity contribution < 1.29 is 14.6 Å². The molecule has 4 N–H and O–H groups in total. The summed E-state index contributed by atoms with van der Waals surface area (Å²) < 4.78 is 5.31. The Balaban J connectivity index is 2.29. The van der Waals surface area contributed by atoms with Crippen LogP contribution in [0.15, 0.2) is 30.3 Å². The molecule has 1 aromatic heterocycles. The Morgan fingerprint density at radius 3 is 2.68 bits per heavy atom. The van der Waals surface area contributed by atoms with Gasteiger partial charge in [-0.15, -0.1) is 0 Å². The number of hydrogen-bond acceptors (Lipinski definition) is 6. The first-order chi connectivity index (χ1) is 10.5. The number of benzene rings is 1. The molecule has 0 aliphatic carbocycles. The summed E-state index contributed by atoms with van der Waals surface area (Å²) in [5.41, 5.74) is 7.09. The normalized spacial score (nSPS) is 9.82. The van der Waals surface area contributed by atoms with Gasteiger partial charge in [0.05, 0.1) is 17.9 Å². The van der Waals surface area contributed by atoms with Gasteiger partial charge >= 0.3 is 5.97 Å². The van der Waals surface area contributed by atoms with Crippen LogP contribution in [0.1, 0.15) is 22.8 Å². The molecule has 112 valence electrons. The Morgan fingerprint density at radius 2 is 2.14 bits per heavy atom. The van der Waals surface area contributed by atoms with Gasteiger partial charge in [-0.05, 0) is 31.2 Å². The van der Waals surface area contributed by atoms with Crippen molar-refractivity contribution in [3.05, 3.63) is 41.5 Å². The van der Waals surface area contributed by atoms with Crippen molar-refractivity contribution in [1.82, 2.24) is 4.98 Å². The van der Waals surface area contributed by atoms with Gasteiger partial charge in [-0.3, -0.25) is 0 Å². The Bertz CT molecular complexity index is 736. The van der Waals surface area contributed by atoms with Gasteiger partial charge in [-0.2, -0.15) is 10.2 Å². The van der Waals surface area contributed by atoms with Crippen LogP contribution in [-0.4, -0.2) is 22.7 Å². The Labute approximate surface area is 127 Å². The molecule has 1 heterocycles. The summed E-state index contributed by atoms with van der Waals surface area (Å²) in [5.74, 6) is -0.427. The molecule has 0 spiro atoms. The summed E-state index contributed by atoms with van der Waals surface area (Å²) in [6.45, 7) is 2.14. The lowest BCUT2D eigenvalue weighted by atomic mass is 10.2. The van der Waals surface area contributed by atoms with E-state index in [4.69, 9.17) is 20.8 Å². The number of anilines is 3. The third-order valence-electron chi connectivity index (χ3n) is 2.81. The van der Waals surface area contributed by atoms with Crippen LogP contribution < -0.4 is 15.8 Å². The number of ether oxygens (including phenoxy) is 1. The number of rotatable bonds is 5. The van der Waals surface area contributed by atoms with Crippen molar-refractivity contribution in [2.75, 3.05) is 17.7 Å². The lowest BCUT2D eigenvalue weighted by Gasteiger charge is -2.11. The highest BCUT2D eigenvalue weighted by Gasteiger charge is 2.12. The maximum Gasteiger partial charge on any atom is 0.335 e. The van der Waals surface area contributed by atoms with Crippen LogP contribution in [0.3, 0.4) is 0 Å². The Morgan fingerprint density at radius 1 is 1.45 bits per heavy atom. The highest BCUT2D eigenvalue weighted by molar-refractivity contribution is 5.88. The molecule has 22 heavy (non-hydrogen) atoms. The highest BCUT2D eigenvalue weighted by atomic mass is 16.5. The molecule has 0 aliphatic heterocycles. The second-order valence-electron chi connectivity index (χ2n) is 4.33. The van der Waals surface area contributed by atoms with E-state index in [1.807, 2.05) is 6.07 Å². The average molecular weight is 298 g/mol. The summed E-state index contributed by atoms with van der Waals surface area (Å²) in [6.07, 6.45) is 0. The fraction of sp³-hybridized carbons (Fsp3) is 0.133. The van der Waals surface area contributed by atoms with Crippen molar-refractivity contribution in [2.45, 2.75) is 6.92 Å². The standard InChI is InChI=1S/C15H14N4O3/c1-2-22-14-11(8-16)12(17)7-13(19-14)18-10-5-3-9(4-6-10)15(20)21/h3-7H,2H2,1H3,(H,20,21)(H3,17,18,19). The van der Waals surface area contributed by atoms with Crippen molar-refractivity contribution in [1.29, 1.82) is 5.26 Å². The van der Waals surface area contributed by atoms with E-state index in [9.17, 15) is 4.79 Å². The number of carboxylic acids is 1. The van der Waals surface area contributed by atoms with E-state index in [1.54, 1.807) is 19.1 Å². The molecule has 0 unspecified atom stereocenters. The molecule has 0 fully saturated rings. The summed E-state index contributed by atoms with van der Waals surface area (Å²) in [5, 5.41) is 20.9. The maximum absolute atomic E-state index is 10.8. The van der Waals surface area contributed by atoms with E-state index in [2.05, 4.69) is 10.3 Å². The second-order valence-corrected chi connectivity index (χ2v) is 4.33. The van der Waals surface area contributed by atoms with Crippen LogP contribution in [0, 0.1) is 11.3 Å². The number of nitrogens with one attached hydrogen (secondary N) is 1. The first-order valence-electron chi connectivity index (χ1n) is 6.49. The summed E-state index contributed by atoms with van der Waals surface area (Å²) in [4.78, 5) is 15.0. The molecule has 2 rings (SSSR count). The van der Waals surface area contributed by atoms with Gasteiger partial charge < -0.3 is 20.9 Å². The van der Waals surface area contributed by atoms with E-state index < -0.39 is 5.97 Å². The molecule has 7 heteroatoms. The molecule has 0 saturated heterocycles. The molecule has 0 saturated carbocycles. The molecule has 0 amide bonds. The predicted octanol–water partition coefficient (Wildman–Crippen LogP) is 2.38. The molecule has 0 bridgehead atoms. The van der Waals surface area contributed by atoms with Crippen LogP contribution in [-0.2, 0) is 0 Å².